The number of nitrogens with zero attached hydrogens (tertiary/aromatic N) is 1. The summed E-state index contributed by atoms with van der Waals surface area (Å²) in [4.78, 5) is 11.7. The van der Waals surface area contributed by atoms with Crippen LogP contribution >= 0.6 is 0 Å². The quantitative estimate of drug-likeness (QED) is 0.633. The Kier molecular flexibility index (Phi) is 4.79. The second-order valence-corrected chi connectivity index (χ2v) is 5.06. The van der Waals surface area contributed by atoms with Crippen molar-refractivity contribution in [3.8, 4) is 0 Å². The minimum Gasteiger partial charge on any atom is -0.393 e. The maximum absolute atomic E-state index is 11.7. The summed E-state index contributed by atoms with van der Waals surface area (Å²) in [6, 6.07) is 0.0152. The third kappa shape index (κ3) is 3.96. The Bertz CT molecular complexity index is 419. The first-order valence-electron chi connectivity index (χ1n) is 6.92. The molecule has 0 bridgehead atoms. The molecule has 0 aliphatic heterocycles. The fourth-order valence-corrected chi connectivity index (χ4v) is 2.33. The Hall–Kier alpha value is -1.56. The highest BCUT2D eigenvalue weighted by Crippen LogP contribution is 2.18. The summed E-state index contributed by atoms with van der Waals surface area (Å²) in [5.74, 6) is 0. The molecule has 1 heterocycles. The average molecular weight is 266 g/mol. The number of aliphatic hydroxyl groups excluding tert-OH is 1. The number of H-pyrrole nitrogens is 1. The summed E-state index contributed by atoms with van der Waals surface area (Å²) >= 11 is 0. The van der Waals surface area contributed by atoms with Gasteiger partial charge >= 0.3 is 6.03 Å². The highest BCUT2D eigenvalue weighted by Gasteiger charge is 2.21. The lowest BCUT2D eigenvalue weighted by Crippen LogP contribution is -2.45. The van der Waals surface area contributed by atoms with Crippen LogP contribution in [0, 0.1) is 0 Å². The smallest absolute Gasteiger partial charge is 0.315 e. The number of amides is 2. The monoisotopic (exact) mass is 266 g/mol. The first-order valence-corrected chi connectivity index (χ1v) is 6.92. The number of hydrogen-bond acceptors (Lipinski definition) is 3. The molecule has 6 nitrogen and oxygen atoms in total. The van der Waals surface area contributed by atoms with Gasteiger partial charge in [-0.1, -0.05) is 6.92 Å². The number of rotatable bonds is 5. The van der Waals surface area contributed by atoms with Crippen LogP contribution in [0.1, 0.15) is 37.4 Å². The van der Waals surface area contributed by atoms with Crippen LogP contribution in [0.5, 0.6) is 0 Å². The number of carbonyl (C=O) groups is 1. The highest BCUT2D eigenvalue weighted by atomic mass is 16.3. The molecule has 0 aromatic carbocycles. The van der Waals surface area contributed by atoms with Crippen LogP contribution in [0.3, 0.4) is 0 Å². The van der Waals surface area contributed by atoms with Crippen molar-refractivity contribution in [3.63, 3.8) is 0 Å². The van der Waals surface area contributed by atoms with Crippen LogP contribution in [0.4, 0.5) is 4.79 Å². The van der Waals surface area contributed by atoms with Gasteiger partial charge in [0, 0.05) is 18.3 Å². The Morgan fingerprint density at radius 3 is 3.32 bits per heavy atom. The minimum atomic E-state index is -0.330. The molecule has 0 saturated heterocycles. The number of aromatic nitrogens is 2. The molecule has 2 unspecified atom stereocenters. The Balaban J connectivity index is 1.69. The van der Waals surface area contributed by atoms with Gasteiger partial charge in [0.25, 0.3) is 0 Å². The van der Waals surface area contributed by atoms with Gasteiger partial charge in [0.1, 0.15) is 0 Å². The van der Waals surface area contributed by atoms with E-state index in [1.165, 1.54) is 11.3 Å². The van der Waals surface area contributed by atoms with E-state index in [9.17, 15) is 9.90 Å². The molecule has 1 aliphatic rings. The van der Waals surface area contributed by atoms with Crippen molar-refractivity contribution in [3.05, 3.63) is 17.5 Å². The van der Waals surface area contributed by atoms with Crippen molar-refractivity contribution < 1.29 is 9.90 Å². The summed E-state index contributed by atoms with van der Waals surface area (Å²) in [5, 5.41) is 22.1. The van der Waals surface area contributed by atoms with E-state index in [1.54, 1.807) is 0 Å². The van der Waals surface area contributed by atoms with E-state index in [-0.39, 0.29) is 18.2 Å². The molecule has 106 valence electrons. The van der Waals surface area contributed by atoms with Gasteiger partial charge in [-0.25, -0.2) is 4.79 Å². The first kappa shape index (κ1) is 13.9. The van der Waals surface area contributed by atoms with Crippen LogP contribution in [0.25, 0.3) is 0 Å². The molecule has 1 aromatic heterocycles. The van der Waals surface area contributed by atoms with Gasteiger partial charge in [0.15, 0.2) is 0 Å². The number of hydrogen-bond donors (Lipinski definition) is 4. The second kappa shape index (κ2) is 6.56. The number of aromatic amines is 1. The molecule has 0 radical (unpaired) electrons. The van der Waals surface area contributed by atoms with E-state index in [0.29, 0.717) is 13.0 Å². The summed E-state index contributed by atoms with van der Waals surface area (Å²) in [6.45, 7) is 2.43. The van der Waals surface area contributed by atoms with E-state index in [0.717, 1.165) is 25.7 Å². The zero-order chi connectivity index (χ0) is 13.7. The molecule has 0 saturated carbocycles. The maximum Gasteiger partial charge on any atom is 0.315 e. The van der Waals surface area contributed by atoms with Gasteiger partial charge in [-0.3, -0.25) is 5.10 Å². The molecule has 2 rings (SSSR count). The van der Waals surface area contributed by atoms with Crippen molar-refractivity contribution in [2.45, 2.75) is 51.2 Å². The van der Waals surface area contributed by atoms with Crippen molar-refractivity contribution >= 4 is 6.03 Å². The number of urea groups is 1. The Labute approximate surface area is 113 Å². The third-order valence-corrected chi connectivity index (χ3v) is 3.59. The van der Waals surface area contributed by atoms with Gasteiger partial charge in [-0.15, -0.1) is 0 Å². The van der Waals surface area contributed by atoms with Crippen molar-refractivity contribution in [1.29, 1.82) is 0 Å². The second-order valence-electron chi connectivity index (χ2n) is 5.06. The fourth-order valence-electron chi connectivity index (χ4n) is 2.33. The Morgan fingerprint density at radius 2 is 2.53 bits per heavy atom. The molecular weight excluding hydrogens is 244 g/mol. The van der Waals surface area contributed by atoms with Crippen molar-refractivity contribution in [2.24, 2.45) is 0 Å². The summed E-state index contributed by atoms with van der Waals surface area (Å²) in [5.41, 5.74) is 2.38. The van der Waals surface area contributed by atoms with Crippen LogP contribution in [0.15, 0.2) is 6.20 Å². The summed E-state index contributed by atoms with van der Waals surface area (Å²) in [7, 11) is 0. The van der Waals surface area contributed by atoms with Crippen LogP contribution in [0.2, 0.25) is 0 Å². The normalized spacial score (nSPS) is 19.6. The molecular formula is C13H22N4O2. The SMILES string of the molecule is CCC(O)CCNC(=O)NC1CCc2[nH]ncc2C1. The molecule has 1 aliphatic carbocycles. The zero-order valence-electron chi connectivity index (χ0n) is 11.3. The topological polar surface area (TPSA) is 90.0 Å². The number of aliphatic hydroxyl groups is 1. The van der Waals surface area contributed by atoms with Crippen molar-refractivity contribution in [2.75, 3.05) is 6.54 Å². The average Bonchev–Trinajstić information content (AvgIpc) is 2.85. The predicted octanol–water partition coefficient (Wildman–Crippen LogP) is 0.727. The third-order valence-electron chi connectivity index (χ3n) is 3.59. The van der Waals surface area contributed by atoms with E-state index < -0.39 is 0 Å². The predicted molar refractivity (Wildman–Crippen MR) is 71.8 cm³/mol. The first-order chi connectivity index (χ1) is 9.19. The fraction of sp³-hybridized carbons (Fsp3) is 0.692. The Morgan fingerprint density at radius 1 is 1.68 bits per heavy atom. The van der Waals surface area contributed by atoms with Gasteiger partial charge in [0.2, 0.25) is 0 Å². The largest absolute Gasteiger partial charge is 0.393 e. The minimum absolute atomic E-state index is 0.153. The highest BCUT2D eigenvalue weighted by molar-refractivity contribution is 5.74. The van der Waals surface area contributed by atoms with E-state index >= 15 is 0 Å². The molecule has 19 heavy (non-hydrogen) atoms. The maximum atomic E-state index is 11.7. The molecule has 2 amide bonds. The lowest BCUT2D eigenvalue weighted by molar-refractivity contribution is 0.160. The lowest BCUT2D eigenvalue weighted by Gasteiger charge is -2.23. The standard InChI is InChI=1S/C13H22N4O2/c1-2-11(18)5-6-14-13(19)16-10-3-4-12-9(7-10)8-15-17-12/h8,10-11,18H,2-7H2,1H3,(H,15,17)(H2,14,16,19). The van der Waals surface area contributed by atoms with Crippen molar-refractivity contribution in [1.82, 2.24) is 20.8 Å². The van der Waals surface area contributed by atoms with Gasteiger partial charge in [0.05, 0.1) is 12.3 Å². The molecule has 2 atom stereocenters. The van der Waals surface area contributed by atoms with Gasteiger partial charge in [-0.05, 0) is 37.7 Å². The van der Waals surface area contributed by atoms with E-state index in [2.05, 4.69) is 20.8 Å². The molecule has 6 heteroatoms. The number of nitrogens with one attached hydrogen (secondary N) is 3. The van der Waals surface area contributed by atoms with E-state index in [1.807, 2.05) is 13.1 Å². The number of aryl methyl sites for hydroxylation is 1. The van der Waals surface area contributed by atoms with Crippen LogP contribution < -0.4 is 10.6 Å². The number of carbonyl (C=O) groups excluding carboxylic acids is 1. The molecule has 0 spiro atoms. The molecule has 1 aromatic rings. The lowest BCUT2D eigenvalue weighted by atomic mass is 9.94. The number of fused-ring (bicyclic) bond motifs is 1. The summed E-state index contributed by atoms with van der Waals surface area (Å²) < 4.78 is 0. The van der Waals surface area contributed by atoms with Gasteiger partial charge in [-0.2, -0.15) is 5.10 Å². The van der Waals surface area contributed by atoms with Crippen LogP contribution in [-0.2, 0) is 12.8 Å². The van der Waals surface area contributed by atoms with Gasteiger partial charge < -0.3 is 15.7 Å². The van der Waals surface area contributed by atoms with E-state index in [4.69, 9.17) is 0 Å². The zero-order valence-corrected chi connectivity index (χ0v) is 11.3. The molecule has 0 fully saturated rings. The van der Waals surface area contributed by atoms with Crippen LogP contribution in [-0.4, -0.2) is 40.0 Å². The summed E-state index contributed by atoms with van der Waals surface area (Å²) in [6.07, 6.45) is 5.50. The molecule has 4 N–H and O–H groups in total.